The maximum Gasteiger partial charge on any atom is 0.262 e. The van der Waals surface area contributed by atoms with Gasteiger partial charge in [0.15, 0.2) is 0 Å². The van der Waals surface area contributed by atoms with Gasteiger partial charge in [0.05, 0.1) is 25.2 Å². The van der Waals surface area contributed by atoms with E-state index in [0.29, 0.717) is 18.5 Å². The van der Waals surface area contributed by atoms with Crippen molar-refractivity contribution in [3.8, 4) is 11.8 Å². The number of anilines is 3. The Labute approximate surface area is 182 Å². The van der Waals surface area contributed by atoms with Gasteiger partial charge in [-0.15, -0.1) is 0 Å². The monoisotopic (exact) mass is 412 g/mol. The van der Waals surface area contributed by atoms with E-state index in [2.05, 4.69) is 11.4 Å². The molecule has 0 aliphatic carbocycles. The number of nitriles is 1. The zero-order chi connectivity index (χ0) is 21.8. The van der Waals surface area contributed by atoms with Crippen molar-refractivity contribution in [3.63, 3.8) is 0 Å². The first-order valence-corrected chi connectivity index (χ1v) is 10.1. The molecule has 0 bridgehead atoms. The first kappa shape index (κ1) is 20.3. The van der Waals surface area contributed by atoms with E-state index in [1.807, 2.05) is 84.7 Å². The molecule has 0 fully saturated rings. The number of hydrogen-bond donors (Lipinski definition) is 1. The summed E-state index contributed by atoms with van der Waals surface area (Å²) in [6.45, 7) is 0.668. The van der Waals surface area contributed by atoms with Crippen molar-refractivity contribution in [2.75, 3.05) is 35.8 Å². The second-order valence-corrected chi connectivity index (χ2v) is 7.39. The third-order valence-electron chi connectivity index (χ3n) is 5.49. The zero-order valence-corrected chi connectivity index (χ0v) is 17.6. The topological polar surface area (TPSA) is 68.6 Å². The number of hydrogen-bond acceptors (Lipinski definition) is 5. The van der Waals surface area contributed by atoms with Gasteiger partial charge in [0.25, 0.3) is 5.91 Å². The molecule has 31 heavy (non-hydrogen) atoms. The van der Waals surface area contributed by atoms with E-state index >= 15 is 0 Å². The molecular weight excluding hydrogens is 388 g/mol. The number of carbonyl (C=O) groups excluding carboxylic acids is 1. The Morgan fingerprint density at radius 1 is 1.06 bits per heavy atom. The highest BCUT2D eigenvalue weighted by Gasteiger charge is 2.34. The highest BCUT2D eigenvalue weighted by Crippen LogP contribution is 2.37. The number of para-hydroxylation sites is 1. The molecule has 0 unspecified atom stereocenters. The summed E-state index contributed by atoms with van der Waals surface area (Å²) in [5.74, 6) is 0.683. The molecule has 3 aromatic carbocycles. The summed E-state index contributed by atoms with van der Waals surface area (Å²) in [6, 6.07) is 25.3. The highest BCUT2D eigenvalue weighted by atomic mass is 16.5. The number of ether oxygens (including phenoxy) is 1. The lowest BCUT2D eigenvalue weighted by Gasteiger charge is -2.38. The molecule has 1 aliphatic rings. The van der Waals surface area contributed by atoms with Crippen LogP contribution in [0, 0.1) is 11.3 Å². The summed E-state index contributed by atoms with van der Waals surface area (Å²) in [5, 5.41) is 12.3. The number of nitrogens with zero attached hydrogens (tertiary/aromatic N) is 3. The summed E-state index contributed by atoms with van der Waals surface area (Å²) in [4.78, 5) is 17.3. The lowest BCUT2D eigenvalue weighted by molar-refractivity contribution is 0.0975. The molecule has 0 spiro atoms. The summed E-state index contributed by atoms with van der Waals surface area (Å²) in [6.07, 6.45) is 0.119. The van der Waals surface area contributed by atoms with Crippen molar-refractivity contribution in [2.24, 2.45) is 0 Å². The Morgan fingerprint density at radius 2 is 1.77 bits per heavy atom. The molecule has 6 heteroatoms. The largest absolute Gasteiger partial charge is 0.497 e. The molecule has 0 saturated carbocycles. The normalized spacial score (nSPS) is 14.9. The van der Waals surface area contributed by atoms with Gasteiger partial charge in [-0.2, -0.15) is 5.26 Å². The van der Waals surface area contributed by atoms with Gasteiger partial charge in [0, 0.05) is 30.7 Å². The zero-order valence-electron chi connectivity index (χ0n) is 17.6. The SMILES string of the molecule is COc1ccc(N2C(=O)c3ccccc3N[C@@H]2c2ccc(N(C)CCC#N)cc2)cc1. The van der Waals surface area contributed by atoms with E-state index in [1.165, 1.54) is 0 Å². The molecule has 156 valence electrons. The van der Waals surface area contributed by atoms with Crippen molar-refractivity contribution >= 4 is 23.0 Å². The minimum Gasteiger partial charge on any atom is -0.497 e. The van der Waals surface area contributed by atoms with Crippen molar-refractivity contribution in [1.82, 2.24) is 0 Å². The fourth-order valence-corrected chi connectivity index (χ4v) is 3.75. The van der Waals surface area contributed by atoms with Gasteiger partial charge >= 0.3 is 0 Å². The summed E-state index contributed by atoms with van der Waals surface area (Å²) in [5.41, 5.74) is 4.24. The second-order valence-electron chi connectivity index (χ2n) is 7.39. The molecule has 0 aromatic heterocycles. The average Bonchev–Trinajstić information content (AvgIpc) is 2.82. The highest BCUT2D eigenvalue weighted by molar-refractivity contribution is 6.12. The number of methoxy groups -OCH3 is 1. The van der Waals surface area contributed by atoms with Crippen LogP contribution >= 0.6 is 0 Å². The number of fused-ring (bicyclic) bond motifs is 1. The molecular formula is C25H24N4O2. The number of benzene rings is 3. The number of carbonyl (C=O) groups is 1. The van der Waals surface area contributed by atoms with E-state index in [0.717, 1.165) is 28.4 Å². The number of rotatable bonds is 6. The summed E-state index contributed by atoms with van der Waals surface area (Å²) >= 11 is 0. The fraction of sp³-hybridized carbons (Fsp3) is 0.200. The van der Waals surface area contributed by atoms with Crippen molar-refractivity contribution in [1.29, 1.82) is 5.26 Å². The average molecular weight is 412 g/mol. The molecule has 1 aliphatic heterocycles. The molecule has 1 heterocycles. The first-order chi connectivity index (χ1) is 15.1. The lowest BCUT2D eigenvalue weighted by atomic mass is 10.0. The molecule has 1 amide bonds. The van der Waals surface area contributed by atoms with E-state index in [-0.39, 0.29) is 12.1 Å². The predicted octanol–water partition coefficient (Wildman–Crippen LogP) is 4.82. The van der Waals surface area contributed by atoms with Gasteiger partial charge in [-0.05, 0) is 54.1 Å². The maximum atomic E-state index is 13.5. The Bertz CT molecular complexity index is 1100. The van der Waals surface area contributed by atoms with Crippen LogP contribution < -0.4 is 19.9 Å². The fourth-order valence-electron chi connectivity index (χ4n) is 3.75. The number of nitrogens with one attached hydrogen (secondary N) is 1. The Balaban J connectivity index is 1.71. The van der Waals surface area contributed by atoms with Crippen LogP contribution in [0.15, 0.2) is 72.8 Å². The van der Waals surface area contributed by atoms with Gasteiger partial charge in [0.1, 0.15) is 11.9 Å². The van der Waals surface area contributed by atoms with Crippen LogP contribution in [0.1, 0.15) is 28.5 Å². The van der Waals surface area contributed by atoms with Crippen LogP contribution in [-0.2, 0) is 0 Å². The minimum atomic E-state index is -0.353. The van der Waals surface area contributed by atoms with Crippen molar-refractivity contribution < 1.29 is 9.53 Å². The van der Waals surface area contributed by atoms with Crippen LogP contribution in [-0.4, -0.2) is 26.6 Å². The van der Waals surface area contributed by atoms with Crippen LogP contribution in [0.2, 0.25) is 0 Å². The van der Waals surface area contributed by atoms with Crippen molar-refractivity contribution in [2.45, 2.75) is 12.6 Å². The molecule has 3 aromatic rings. The van der Waals surface area contributed by atoms with E-state index in [9.17, 15) is 4.79 Å². The van der Waals surface area contributed by atoms with E-state index in [1.54, 1.807) is 12.0 Å². The number of amides is 1. The Morgan fingerprint density at radius 3 is 2.45 bits per heavy atom. The van der Waals surface area contributed by atoms with Gasteiger partial charge in [-0.25, -0.2) is 0 Å². The van der Waals surface area contributed by atoms with Gasteiger partial charge < -0.3 is 15.0 Å². The van der Waals surface area contributed by atoms with Crippen LogP contribution in [0.3, 0.4) is 0 Å². The molecule has 4 rings (SSSR count). The van der Waals surface area contributed by atoms with Gasteiger partial charge in [-0.3, -0.25) is 9.69 Å². The molecule has 0 radical (unpaired) electrons. The molecule has 1 atom stereocenters. The third-order valence-corrected chi connectivity index (χ3v) is 5.49. The van der Waals surface area contributed by atoms with Gasteiger partial charge in [0.2, 0.25) is 0 Å². The molecule has 0 saturated heterocycles. The maximum absolute atomic E-state index is 13.5. The Kier molecular flexibility index (Phi) is 5.76. The first-order valence-electron chi connectivity index (χ1n) is 10.1. The lowest BCUT2D eigenvalue weighted by Crippen LogP contribution is -2.43. The molecule has 6 nitrogen and oxygen atoms in total. The minimum absolute atomic E-state index is 0.0558. The summed E-state index contributed by atoms with van der Waals surface area (Å²) in [7, 11) is 3.59. The summed E-state index contributed by atoms with van der Waals surface area (Å²) < 4.78 is 5.27. The van der Waals surface area contributed by atoms with Crippen LogP contribution in [0.4, 0.5) is 17.1 Å². The Hall–Kier alpha value is -3.98. The van der Waals surface area contributed by atoms with Gasteiger partial charge in [-0.1, -0.05) is 24.3 Å². The standard InChI is InChI=1S/C25H24N4O2/c1-28(17-5-16-26)19-10-8-18(9-11-19)24-27-23-7-4-3-6-22(23)25(30)29(24)20-12-14-21(31-2)15-13-20/h3-4,6-15,24,27H,5,17H2,1-2H3/t24-/m0/s1. The third kappa shape index (κ3) is 4.03. The van der Waals surface area contributed by atoms with Crippen molar-refractivity contribution in [3.05, 3.63) is 83.9 Å². The van der Waals surface area contributed by atoms with Crippen LogP contribution in [0.25, 0.3) is 0 Å². The predicted molar refractivity (Wildman–Crippen MR) is 123 cm³/mol. The van der Waals surface area contributed by atoms with E-state index < -0.39 is 0 Å². The van der Waals surface area contributed by atoms with E-state index in [4.69, 9.17) is 10.00 Å². The van der Waals surface area contributed by atoms with Crippen LogP contribution in [0.5, 0.6) is 5.75 Å². The second kappa shape index (κ2) is 8.80. The smallest absolute Gasteiger partial charge is 0.262 e. The quantitative estimate of drug-likeness (QED) is 0.629. The molecule has 1 N–H and O–H groups in total.